The predicted octanol–water partition coefficient (Wildman–Crippen LogP) is 3.46. The SMILES string of the molecule is Cn1cccc1[C@@H]1CCCCN1C(=O)Cc1noc2ccccc12. The third kappa shape index (κ3) is 2.60. The predicted molar refractivity (Wildman–Crippen MR) is 91.4 cm³/mol. The number of carbonyl (C=O) groups is 1. The molecule has 4 rings (SSSR count). The first-order valence-electron chi connectivity index (χ1n) is 8.48. The molecule has 1 aliphatic heterocycles. The van der Waals surface area contributed by atoms with Gasteiger partial charge in [0.2, 0.25) is 5.91 Å². The van der Waals surface area contributed by atoms with E-state index >= 15 is 0 Å². The van der Waals surface area contributed by atoms with Crippen molar-refractivity contribution in [1.82, 2.24) is 14.6 Å². The number of amides is 1. The second kappa shape index (κ2) is 6.15. The molecule has 1 fully saturated rings. The summed E-state index contributed by atoms with van der Waals surface area (Å²) in [6.45, 7) is 0.810. The summed E-state index contributed by atoms with van der Waals surface area (Å²) < 4.78 is 7.44. The zero-order valence-corrected chi connectivity index (χ0v) is 13.8. The van der Waals surface area contributed by atoms with Crippen LogP contribution in [0.3, 0.4) is 0 Å². The van der Waals surface area contributed by atoms with Crippen LogP contribution < -0.4 is 0 Å². The highest BCUT2D eigenvalue weighted by Gasteiger charge is 2.30. The van der Waals surface area contributed by atoms with Crippen molar-refractivity contribution < 1.29 is 9.32 Å². The quantitative estimate of drug-likeness (QED) is 0.741. The number of likely N-dealkylation sites (tertiary alicyclic amines) is 1. The van der Waals surface area contributed by atoms with Gasteiger partial charge in [-0.25, -0.2) is 0 Å². The topological polar surface area (TPSA) is 51.3 Å². The molecule has 1 atom stereocenters. The van der Waals surface area contributed by atoms with Gasteiger partial charge in [0.05, 0.1) is 12.5 Å². The number of fused-ring (bicyclic) bond motifs is 1. The van der Waals surface area contributed by atoms with E-state index in [1.54, 1.807) is 0 Å². The van der Waals surface area contributed by atoms with Crippen molar-refractivity contribution in [2.24, 2.45) is 7.05 Å². The molecule has 0 N–H and O–H groups in total. The van der Waals surface area contributed by atoms with Crippen LogP contribution in [0, 0.1) is 0 Å². The van der Waals surface area contributed by atoms with Crippen molar-refractivity contribution in [2.45, 2.75) is 31.7 Å². The number of aryl methyl sites for hydroxylation is 1. The molecule has 2 aromatic heterocycles. The van der Waals surface area contributed by atoms with Gasteiger partial charge in [-0.05, 0) is 43.5 Å². The number of piperidine rings is 1. The molecule has 0 spiro atoms. The van der Waals surface area contributed by atoms with Crippen LogP contribution in [0.4, 0.5) is 0 Å². The number of benzene rings is 1. The van der Waals surface area contributed by atoms with Crippen molar-refractivity contribution in [1.29, 1.82) is 0 Å². The Labute approximate surface area is 140 Å². The van der Waals surface area contributed by atoms with Gasteiger partial charge in [0.1, 0.15) is 5.69 Å². The second-order valence-electron chi connectivity index (χ2n) is 6.44. The molecule has 0 bridgehead atoms. The van der Waals surface area contributed by atoms with Gasteiger partial charge in [-0.2, -0.15) is 0 Å². The normalized spacial score (nSPS) is 18.2. The summed E-state index contributed by atoms with van der Waals surface area (Å²) in [5.41, 5.74) is 2.66. The molecule has 0 aliphatic carbocycles. The molecule has 1 amide bonds. The monoisotopic (exact) mass is 323 g/mol. The summed E-state index contributed by atoms with van der Waals surface area (Å²) in [5.74, 6) is 0.125. The Bertz CT molecular complexity index is 864. The van der Waals surface area contributed by atoms with Crippen LogP contribution >= 0.6 is 0 Å². The van der Waals surface area contributed by atoms with E-state index in [9.17, 15) is 4.79 Å². The van der Waals surface area contributed by atoms with E-state index in [-0.39, 0.29) is 18.4 Å². The van der Waals surface area contributed by atoms with Crippen LogP contribution in [0.2, 0.25) is 0 Å². The van der Waals surface area contributed by atoms with Gasteiger partial charge in [-0.3, -0.25) is 4.79 Å². The van der Waals surface area contributed by atoms with Crippen molar-refractivity contribution in [2.75, 3.05) is 6.54 Å². The van der Waals surface area contributed by atoms with E-state index in [0.717, 1.165) is 42.5 Å². The molecule has 0 saturated carbocycles. The maximum Gasteiger partial charge on any atom is 0.229 e. The lowest BCUT2D eigenvalue weighted by atomic mass is 9.98. The highest BCUT2D eigenvalue weighted by molar-refractivity contribution is 5.86. The summed E-state index contributed by atoms with van der Waals surface area (Å²) in [6.07, 6.45) is 5.57. The Morgan fingerprint density at radius 3 is 2.96 bits per heavy atom. The minimum absolute atomic E-state index is 0.125. The maximum absolute atomic E-state index is 13.0. The summed E-state index contributed by atoms with van der Waals surface area (Å²) in [5, 5.41) is 5.04. The molecule has 3 heterocycles. The smallest absolute Gasteiger partial charge is 0.229 e. The van der Waals surface area contributed by atoms with Gasteiger partial charge in [0.15, 0.2) is 5.58 Å². The number of hydrogen-bond acceptors (Lipinski definition) is 3. The van der Waals surface area contributed by atoms with Crippen LogP contribution in [0.25, 0.3) is 11.0 Å². The molecule has 5 heteroatoms. The Morgan fingerprint density at radius 1 is 1.25 bits per heavy atom. The average molecular weight is 323 g/mol. The summed E-state index contributed by atoms with van der Waals surface area (Å²) in [4.78, 5) is 15.0. The largest absolute Gasteiger partial charge is 0.356 e. The number of hydrogen-bond donors (Lipinski definition) is 0. The van der Waals surface area contributed by atoms with Gasteiger partial charge >= 0.3 is 0 Å². The lowest BCUT2D eigenvalue weighted by Gasteiger charge is -2.36. The molecule has 3 aromatic rings. The third-order valence-electron chi connectivity index (χ3n) is 4.92. The van der Waals surface area contributed by atoms with E-state index in [0.29, 0.717) is 0 Å². The molecular formula is C19H21N3O2. The standard InChI is InChI=1S/C19H21N3O2/c1-21-11-6-9-16(21)17-8-4-5-12-22(17)19(23)13-15-14-7-2-3-10-18(14)24-20-15/h2-3,6-7,9-11,17H,4-5,8,12-13H2,1H3/t17-/m0/s1. The van der Waals surface area contributed by atoms with E-state index in [1.807, 2.05) is 48.5 Å². The van der Waals surface area contributed by atoms with Crippen molar-refractivity contribution >= 4 is 16.9 Å². The maximum atomic E-state index is 13.0. The summed E-state index contributed by atoms with van der Waals surface area (Å²) >= 11 is 0. The zero-order chi connectivity index (χ0) is 16.5. The van der Waals surface area contributed by atoms with Crippen LogP contribution in [0.15, 0.2) is 47.1 Å². The Balaban J connectivity index is 1.59. The highest BCUT2D eigenvalue weighted by atomic mass is 16.5. The van der Waals surface area contributed by atoms with Gasteiger partial charge in [-0.15, -0.1) is 0 Å². The average Bonchev–Trinajstić information content (AvgIpc) is 3.21. The van der Waals surface area contributed by atoms with Gasteiger partial charge < -0.3 is 14.0 Å². The Morgan fingerprint density at radius 2 is 2.12 bits per heavy atom. The van der Waals surface area contributed by atoms with E-state index in [1.165, 1.54) is 5.69 Å². The first kappa shape index (κ1) is 15.0. The first-order chi connectivity index (χ1) is 11.7. The summed E-state index contributed by atoms with van der Waals surface area (Å²) in [7, 11) is 2.04. The second-order valence-corrected chi connectivity index (χ2v) is 6.44. The number of rotatable bonds is 3. The number of para-hydroxylation sites is 1. The van der Waals surface area contributed by atoms with Crippen LogP contribution in [-0.2, 0) is 18.3 Å². The molecule has 0 radical (unpaired) electrons. The Kier molecular flexibility index (Phi) is 3.84. The minimum Gasteiger partial charge on any atom is -0.356 e. The zero-order valence-electron chi connectivity index (χ0n) is 13.8. The fraction of sp³-hybridized carbons (Fsp3) is 0.368. The first-order valence-corrected chi connectivity index (χ1v) is 8.48. The summed E-state index contributed by atoms with van der Waals surface area (Å²) in [6, 6.07) is 12.0. The van der Waals surface area contributed by atoms with E-state index < -0.39 is 0 Å². The van der Waals surface area contributed by atoms with E-state index in [2.05, 4.69) is 15.8 Å². The molecule has 5 nitrogen and oxygen atoms in total. The molecule has 0 unspecified atom stereocenters. The fourth-order valence-corrected chi connectivity index (χ4v) is 3.67. The number of aromatic nitrogens is 2. The fourth-order valence-electron chi connectivity index (χ4n) is 3.67. The molecule has 24 heavy (non-hydrogen) atoms. The van der Waals surface area contributed by atoms with Crippen molar-refractivity contribution in [3.05, 3.63) is 54.0 Å². The third-order valence-corrected chi connectivity index (χ3v) is 4.92. The van der Waals surface area contributed by atoms with Crippen LogP contribution in [0.5, 0.6) is 0 Å². The number of nitrogens with zero attached hydrogens (tertiary/aromatic N) is 3. The van der Waals surface area contributed by atoms with Gasteiger partial charge in [0, 0.05) is 30.9 Å². The van der Waals surface area contributed by atoms with Crippen molar-refractivity contribution in [3.8, 4) is 0 Å². The minimum atomic E-state index is 0.125. The van der Waals surface area contributed by atoms with Crippen molar-refractivity contribution in [3.63, 3.8) is 0 Å². The molecular weight excluding hydrogens is 302 g/mol. The van der Waals surface area contributed by atoms with Gasteiger partial charge in [0.25, 0.3) is 0 Å². The molecule has 1 aromatic carbocycles. The van der Waals surface area contributed by atoms with Gasteiger partial charge in [-0.1, -0.05) is 17.3 Å². The van der Waals surface area contributed by atoms with Crippen LogP contribution in [0.1, 0.15) is 36.7 Å². The van der Waals surface area contributed by atoms with E-state index in [4.69, 9.17) is 4.52 Å². The molecule has 1 saturated heterocycles. The van der Waals surface area contributed by atoms with Crippen LogP contribution in [-0.4, -0.2) is 27.1 Å². The lowest BCUT2D eigenvalue weighted by Crippen LogP contribution is -2.40. The molecule has 1 aliphatic rings. The Hall–Kier alpha value is -2.56. The molecule has 124 valence electrons. The number of carbonyl (C=O) groups excluding carboxylic acids is 1. The highest BCUT2D eigenvalue weighted by Crippen LogP contribution is 2.31. The lowest BCUT2D eigenvalue weighted by molar-refractivity contribution is -0.134.